The summed E-state index contributed by atoms with van der Waals surface area (Å²) >= 11 is 0. The molecular formula is C30H28FN5O4. The Kier molecular flexibility index (Phi) is 5.80. The number of halogens is 1. The first kappa shape index (κ1) is 24.7. The van der Waals surface area contributed by atoms with Gasteiger partial charge in [-0.15, -0.1) is 0 Å². The first-order valence-electron chi connectivity index (χ1n) is 13.8. The van der Waals surface area contributed by atoms with Crippen molar-refractivity contribution >= 4 is 29.3 Å². The minimum atomic E-state index is -0.977. The van der Waals surface area contributed by atoms with E-state index in [0.29, 0.717) is 23.9 Å². The summed E-state index contributed by atoms with van der Waals surface area (Å²) in [7, 11) is 0. The molecule has 10 heteroatoms. The number of imide groups is 2. The van der Waals surface area contributed by atoms with E-state index in [1.807, 2.05) is 23.0 Å². The van der Waals surface area contributed by atoms with Gasteiger partial charge in [-0.1, -0.05) is 18.2 Å². The summed E-state index contributed by atoms with van der Waals surface area (Å²) in [5.41, 5.74) is 3.75. The van der Waals surface area contributed by atoms with Crippen molar-refractivity contribution in [3.8, 4) is 11.1 Å². The van der Waals surface area contributed by atoms with Crippen LogP contribution in [0.1, 0.15) is 76.9 Å². The normalized spacial score (nSPS) is 24.1. The van der Waals surface area contributed by atoms with Crippen LogP contribution in [-0.4, -0.2) is 50.9 Å². The number of piperidine rings is 1. The van der Waals surface area contributed by atoms with Gasteiger partial charge in [-0.05, 0) is 62.3 Å². The van der Waals surface area contributed by atoms with Crippen molar-refractivity contribution in [3.63, 3.8) is 0 Å². The summed E-state index contributed by atoms with van der Waals surface area (Å²) in [6.07, 6.45) is 6.26. The fourth-order valence-corrected chi connectivity index (χ4v) is 6.06. The van der Waals surface area contributed by atoms with Crippen LogP contribution in [0.15, 0.2) is 48.7 Å². The van der Waals surface area contributed by atoms with Crippen LogP contribution >= 0.6 is 0 Å². The SMILES string of the molecule is O=C1CCC(N2C(=O)c3ccc(NC[C@H]4C[C@H](n5cc(-c6ccccc6F)c(C6CC6)n5)C4)cc3C2=O)C(=O)N1. The van der Waals surface area contributed by atoms with Gasteiger partial charge >= 0.3 is 0 Å². The molecule has 2 aromatic carbocycles. The highest BCUT2D eigenvalue weighted by Gasteiger charge is 2.44. The molecule has 4 aliphatic rings. The van der Waals surface area contributed by atoms with Crippen molar-refractivity contribution in [2.45, 2.75) is 56.5 Å². The first-order chi connectivity index (χ1) is 19.4. The molecule has 1 saturated heterocycles. The molecule has 3 heterocycles. The summed E-state index contributed by atoms with van der Waals surface area (Å²) in [5.74, 6) is -1.46. The molecule has 1 aromatic heterocycles. The molecule has 9 nitrogen and oxygen atoms in total. The fourth-order valence-electron chi connectivity index (χ4n) is 6.06. The third-order valence-corrected chi connectivity index (χ3v) is 8.51. The van der Waals surface area contributed by atoms with Gasteiger partial charge in [0, 0.05) is 41.9 Å². The van der Waals surface area contributed by atoms with Crippen LogP contribution in [0.2, 0.25) is 0 Å². The molecule has 1 atom stereocenters. The van der Waals surface area contributed by atoms with Gasteiger partial charge in [-0.2, -0.15) is 5.10 Å². The van der Waals surface area contributed by atoms with Gasteiger partial charge in [0.2, 0.25) is 11.8 Å². The number of hydrogen-bond acceptors (Lipinski definition) is 6. The molecule has 0 spiro atoms. The van der Waals surface area contributed by atoms with Crippen LogP contribution in [0.25, 0.3) is 11.1 Å². The maximum Gasteiger partial charge on any atom is 0.262 e. The third kappa shape index (κ3) is 4.18. The van der Waals surface area contributed by atoms with Gasteiger partial charge in [-0.3, -0.25) is 34.1 Å². The highest BCUT2D eigenvalue weighted by atomic mass is 19.1. The highest BCUT2D eigenvalue weighted by Crippen LogP contribution is 2.46. The molecule has 4 amide bonds. The lowest BCUT2D eigenvalue weighted by molar-refractivity contribution is -0.136. The van der Waals surface area contributed by atoms with Gasteiger partial charge < -0.3 is 5.32 Å². The van der Waals surface area contributed by atoms with Crippen LogP contribution in [0.3, 0.4) is 0 Å². The number of benzene rings is 2. The lowest BCUT2D eigenvalue weighted by atomic mass is 9.80. The zero-order chi connectivity index (χ0) is 27.5. The predicted molar refractivity (Wildman–Crippen MR) is 143 cm³/mol. The Bertz CT molecular complexity index is 1570. The molecule has 204 valence electrons. The second-order valence-corrected chi connectivity index (χ2v) is 11.2. The average molecular weight is 542 g/mol. The average Bonchev–Trinajstić information content (AvgIpc) is 3.63. The number of rotatable bonds is 7. The van der Waals surface area contributed by atoms with Crippen LogP contribution in [0, 0.1) is 11.7 Å². The predicted octanol–water partition coefficient (Wildman–Crippen LogP) is 4.03. The Morgan fingerprint density at radius 1 is 0.925 bits per heavy atom. The molecule has 0 radical (unpaired) electrons. The third-order valence-electron chi connectivity index (χ3n) is 8.51. The summed E-state index contributed by atoms with van der Waals surface area (Å²) in [6, 6.07) is 11.2. The van der Waals surface area contributed by atoms with E-state index >= 15 is 0 Å². The standard InChI is InChI=1S/C30H28FN5O4/c31-24-4-2-1-3-20(24)23-15-35(34-27(23)17-5-6-17)19-11-16(12-19)14-32-18-7-8-21-22(13-18)30(40)36(29(21)39)25-9-10-26(37)33-28(25)38/h1-4,7-8,13,15-17,19,25,32H,5-6,9-12,14H2,(H,33,37,38)/t16-,19-,25?. The number of hydrogen-bond donors (Lipinski definition) is 2. The highest BCUT2D eigenvalue weighted by molar-refractivity contribution is 6.23. The van der Waals surface area contributed by atoms with Crippen LogP contribution in [0.5, 0.6) is 0 Å². The van der Waals surface area contributed by atoms with E-state index in [9.17, 15) is 23.6 Å². The summed E-state index contributed by atoms with van der Waals surface area (Å²) in [5, 5.41) is 10.5. The van der Waals surface area contributed by atoms with Crippen LogP contribution < -0.4 is 10.6 Å². The lowest BCUT2D eigenvalue weighted by Crippen LogP contribution is -2.54. The molecule has 1 unspecified atom stereocenters. The number of amides is 4. The van der Waals surface area contributed by atoms with Crippen molar-refractivity contribution in [2.24, 2.45) is 5.92 Å². The van der Waals surface area contributed by atoms with Gasteiger partial charge in [0.25, 0.3) is 11.8 Å². The zero-order valence-corrected chi connectivity index (χ0v) is 21.7. The maximum absolute atomic E-state index is 14.5. The Morgan fingerprint density at radius 3 is 2.45 bits per heavy atom. The summed E-state index contributed by atoms with van der Waals surface area (Å²) < 4.78 is 16.5. The van der Waals surface area contributed by atoms with Crippen LogP contribution in [-0.2, 0) is 9.59 Å². The second kappa shape index (κ2) is 9.39. The number of anilines is 1. The van der Waals surface area contributed by atoms with E-state index in [4.69, 9.17) is 5.10 Å². The van der Waals surface area contributed by atoms with E-state index in [0.717, 1.165) is 47.5 Å². The number of carbonyl (C=O) groups excluding carboxylic acids is 4. The van der Waals surface area contributed by atoms with Crippen molar-refractivity contribution in [3.05, 3.63) is 71.3 Å². The van der Waals surface area contributed by atoms with E-state index < -0.39 is 29.7 Å². The van der Waals surface area contributed by atoms with Gasteiger partial charge in [0.1, 0.15) is 11.9 Å². The molecule has 2 aliphatic heterocycles. The number of carbonyl (C=O) groups is 4. The molecular weight excluding hydrogens is 513 g/mol. The van der Waals surface area contributed by atoms with E-state index in [1.165, 1.54) is 6.07 Å². The second-order valence-electron chi connectivity index (χ2n) is 11.2. The minimum Gasteiger partial charge on any atom is -0.385 e. The topological polar surface area (TPSA) is 113 Å². The van der Waals surface area contributed by atoms with E-state index in [-0.39, 0.29) is 35.8 Å². The lowest BCUT2D eigenvalue weighted by Gasteiger charge is -2.35. The number of fused-ring (bicyclic) bond motifs is 1. The fraction of sp³-hybridized carbons (Fsp3) is 0.367. The monoisotopic (exact) mass is 541 g/mol. The van der Waals surface area contributed by atoms with Crippen molar-refractivity contribution < 1.29 is 23.6 Å². The number of aromatic nitrogens is 2. The first-order valence-corrected chi connectivity index (χ1v) is 13.8. The molecule has 2 aliphatic carbocycles. The Hall–Kier alpha value is -4.34. The van der Waals surface area contributed by atoms with Crippen LogP contribution in [0.4, 0.5) is 10.1 Å². The Morgan fingerprint density at radius 2 is 1.70 bits per heavy atom. The number of nitrogens with one attached hydrogen (secondary N) is 2. The van der Waals surface area contributed by atoms with Crippen molar-refractivity contribution in [1.29, 1.82) is 0 Å². The molecule has 2 saturated carbocycles. The largest absolute Gasteiger partial charge is 0.385 e. The van der Waals surface area contributed by atoms with Gasteiger partial charge in [-0.25, -0.2) is 4.39 Å². The van der Waals surface area contributed by atoms with Crippen molar-refractivity contribution in [1.82, 2.24) is 20.0 Å². The summed E-state index contributed by atoms with van der Waals surface area (Å²) in [6.45, 7) is 0.700. The molecule has 7 rings (SSSR count). The smallest absolute Gasteiger partial charge is 0.262 e. The van der Waals surface area contributed by atoms with E-state index in [1.54, 1.807) is 24.3 Å². The quantitative estimate of drug-likeness (QED) is 0.437. The molecule has 2 N–H and O–H groups in total. The van der Waals surface area contributed by atoms with E-state index in [2.05, 4.69) is 10.6 Å². The van der Waals surface area contributed by atoms with Gasteiger partial charge in [0.05, 0.1) is 22.9 Å². The molecule has 3 fully saturated rings. The maximum atomic E-state index is 14.5. The van der Waals surface area contributed by atoms with Gasteiger partial charge in [0.15, 0.2) is 0 Å². The zero-order valence-electron chi connectivity index (χ0n) is 21.7. The Balaban J connectivity index is 0.993. The molecule has 40 heavy (non-hydrogen) atoms. The van der Waals surface area contributed by atoms with Crippen molar-refractivity contribution in [2.75, 3.05) is 11.9 Å². The molecule has 3 aromatic rings. The minimum absolute atomic E-state index is 0.0872. The Labute approximate surface area is 229 Å². The molecule has 0 bridgehead atoms. The number of nitrogens with zero attached hydrogens (tertiary/aromatic N) is 3. The summed E-state index contributed by atoms with van der Waals surface area (Å²) in [4.78, 5) is 50.7.